The Hall–Kier alpha value is -2.88. The van der Waals surface area contributed by atoms with Crippen LogP contribution in [0.3, 0.4) is 0 Å². The summed E-state index contributed by atoms with van der Waals surface area (Å²) in [6.45, 7) is 4.11. The van der Waals surface area contributed by atoms with Crippen LogP contribution in [-0.4, -0.2) is 24.0 Å². The second-order valence-corrected chi connectivity index (χ2v) is 7.41. The van der Waals surface area contributed by atoms with Crippen LogP contribution in [0, 0.1) is 0 Å². The van der Waals surface area contributed by atoms with Crippen LogP contribution in [0.25, 0.3) is 10.9 Å². The zero-order valence-electron chi connectivity index (χ0n) is 16.4. The number of anilines is 2. The fraction of sp³-hybridized carbons (Fsp3) is 0.333. The van der Waals surface area contributed by atoms with Gasteiger partial charge in [0, 0.05) is 24.2 Å². The molecule has 1 amide bonds. The van der Waals surface area contributed by atoms with E-state index in [1.165, 1.54) is 25.7 Å². The standard InChI is InChI=1S/C24H27N3O/c1-2-18-11-5-7-13-21(18)26-24(28)20-17-23(27-15-9-3-4-10-16-27)25-22-14-8-6-12-19(20)22/h5-8,11-14,17H,2-4,9-10,15-16H2,1H3,(H,26,28). The summed E-state index contributed by atoms with van der Waals surface area (Å²) in [5.41, 5.74) is 3.59. The summed E-state index contributed by atoms with van der Waals surface area (Å²) in [4.78, 5) is 20.4. The van der Waals surface area contributed by atoms with Crippen LogP contribution < -0.4 is 10.2 Å². The fourth-order valence-corrected chi connectivity index (χ4v) is 3.95. The van der Waals surface area contributed by atoms with Crippen LogP contribution in [-0.2, 0) is 6.42 Å². The van der Waals surface area contributed by atoms with E-state index in [9.17, 15) is 4.79 Å². The van der Waals surface area contributed by atoms with Gasteiger partial charge in [0.2, 0.25) is 0 Å². The second-order valence-electron chi connectivity index (χ2n) is 7.41. The number of carbonyl (C=O) groups is 1. The minimum Gasteiger partial charge on any atom is -0.357 e. The summed E-state index contributed by atoms with van der Waals surface area (Å²) >= 11 is 0. The van der Waals surface area contributed by atoms with E-state index in [0.717, 1.165) is 47.5 Å². The third-order valence-corrected chi connectivity index (χ3v) is 5.52. The maximum Gasteiger partial charge on any atom is 0.256 e. The molecule has 1 fully saturated rings. The Morgan fingerprint density at radius 3 is 2.50 bits per heavy atom. The Balaban J connectivity index is 1.73. The number of para-hydroxylation sites is 2. The molecule has 2 heterocycles. The number of amides is 1. The van der Waals surface area contributed by atoms with Gasteiger partial charge in [0.1, 0.15) is 5.82 Å². The molecular weight excluding hydrogens is 346 g/mol. The minimum absolute atomic E-state index is 0.0735. The molecule has 0 aliphatic carbocycles. The van der Waals surface area contributed by atoms with Crippen molar-refractivity contribution in [2.45, 2.75) is 39.0 Å². The third-order valence-electron chi connectivity index (χ3n) is 5.52. The lowest BCUT2D eigenvalue weighted by molar-refractivity contribution is 0.102. The van der Waals surface area contributed by atoms with Crippen LogP contribution in [0.4, 0.5) is 11.5 Å². The van der Waals surface area contributed by atoms with Gasteiger partial charge in [-0.25, -0.2) is 4.98 Å². The number of rotatable bonds is 4. The van der Waals surface area contributed by atoms with Gasteiger partial charge in [-0.2, -0.15) is 0 Å². The molecule has 144 valence electrons. The van der Waals surface area contributed by atoms with E-state index < -0.39 is 0 Å². The highest BCUT2D eigenvalue weighted by atomic mass is 16.1. The first-order valence-electron chi connectivity index (χ1n) is 10.3. The number of aromatic nitrogens is 1. The summed E-state index contributed by atoms with van der Waals surface area (Å²) in [5, 5.41) is 4.02. The predicted octanol–water partition coefficient (Wildman–Crippen LogP) is 5.43. The van der Waals surface area contributed by atoms with Gasteiger partial charge < -0.3 is 10.2 Å². The highest BCUT2D eigenvalue weighted by molar-refractivity contribution is 6.13. The van der Waals surface area contributed by atoms with Gasteiger partial charge in [-0.1, -0.05) is 56.2 Å². The Bertz CT molecular complexity index is 975. The Morgan fingerprint density at radius 2 is 1.71 bits per heavy atom. The highest BCUT2D eigenvalue weighted by Gasteiger charge is 2.18. The molecular formula is C24H27N3O. The Morgan fingerprint density at radius 1 is 1.00 bits per heavy atom. The Kier molecular flexibility index (Phi) is 5.56. The van der Waals surface area contributed by atoms with E-state index in [2.05, 4.69) is 23.2 Å². The van der Waals surface area contributed by atoms with E-state index in [4.69, 9.17) is 4.98 Å². The van der Waals surface area contributed by atoms with Gasteiger partial charge in [-0.15, -0.1) is 0 Å². The highest BCUT2D eigenvalue weighted by Crippen LogP contribution is 2.26. The van der Waals surface area contributed by atoms with E-state index in [-0.39, 0.29) is 5.91 Å². The van der Waals surface area contributed by atoms with Crippen molar-refractivity contribution in [3.63, 3.8) is 0 Å². The molecule has 2 aromatic carbocycles. The number of hydrogen-bond donors (Lipinski definition) is 1. The molecule has 28 heavy (non-hydrogen) atoms. The van der Waals surface area contributed by atoms with Crippen molar-refractivity contribution in [1.82, 2.24) is 4.98 Å². The summed E-state index contributed by atoms with van der Waals surface area (Å²) in [6.07, 6.45) is 5.78. The van der Waals surface area contributed by atoms with Crippen molar-refractivity contribution in [2.24, 2.45) is 0 Å². The van der Waals surface area contributed by atoms with Crippen LogP contribution in [0.5, 0.6) is 0 Å². The maximum atomic E-state index is 13.2. The zero-order valence-corrected chi connectivity index (χ0v) is 16.4. The van der Waals surface area contributed by atoms with Crippen LogP contribution >= 0.6 is 0 Å². The zero-order chi connectivity index (χ0) is 19.3. The normalized spacial score (nSPS) is 14.7. The largest absolute Gasteiger partial charge is 0.357 e. The molecule has 0 radical (unpaired) electrons. The van der Waals surface area contributed by atoms with Gasteiger partial charge in [0.25, 0.3) is 5.91 Å². The molecule has 0 unspecified atom stereocenters. The first-order valence-corrected chi connectivity index (χ1v) is 10.3. The van der Waals surface area contributed by atoms with E-state index in [1.54, 1.807) is 0 Å². The van der Waals surface area contributed by atoms with Crippen molar-refractivity contribution in [3.05, 3.63) is 65.7 Å². The summed E-state index contributed by atoms with van der Waals surface area (Å²) in [6, 6.07) is 17.9. The summed E-state index contributed by atoms with van der Waals surface area (Å²) < 4.78 is 0. The predicted molar refractivity (Wildman–Crippen MR) is 116 cm³/mol. The van der Waals surface area contributed by atoms with Crippen molar-refractivity contribution in [3.8, 4) is 0 Å². The molecule has 4 heteroatoms. The quantitative estimate of drug-likeness (QED) is 0.663. The molecule has 1 aliphatic rings. The van der Waals surface area contributed by atoms with E-state index in [1.807, 2.05) is 48.5 Å². The average Bonchev–Trinajstić information content (AvgIpc) is 3.03. The average molecular weight is 374 g/mol. The summed E-state index contributed by atoms with van der Waals surface area (Å²) in [7, 11) is 0. The molecule has 0 bridgehead atoms. The number of nitrogens with zero attached hydrogens (tertiary/aromatic N) is 2. The van der Waals surface area contributed by atoms with Gasteiger partial charge in [0.15, 0.2) is 0 Å². The van der Waals surface area contributed by atoms with Crippen molar-refractivity contribution < 1.29 is 4.79 Å². The number of pyridine rings is 1. The molecule has 0 saturated carbocycles. The number of hydrogen-bond acceptors (Lipinski definition) is 3. The monoisotopic (exact) mass is 373 g/mol. The number of aryl methyl sites for hydroxylation is 1. The van der Waals surface area contributed by atoms with Crippen molar-refractivity contribution in [2.75, 3.05) is 23.3 Å². The van der Waals surface area contributed by atoms with Gasteiger partial charge in [0.05, 0.1) is 11.1 Å². The minimum atomic E-state index is -0.0735. The molecule has 4 rings (SSSR count). The number of fused-ring (bicyclic) bond motifs is 1. The van der Waals surface area contributed by atoms with E-state index >= 15 is 0 Å². The van der Waals surface area contributed by atoms with E-state index in [0.29, 0.717) is 5.56 Å². The second kappa shape index (κ2) is 8.42. The first kappa shape index (κ1) is 18.5. The molecule has 0 atom stereocenters. The molecule has 4 nitrogen and oxygen atoms in total. The van der Waals surface area contributed by atoms with Crippen molar-refractivity contribution >= 4 is 28.3 Å². The molecule has 1 saturated heterocycles. The molecule has 1 N–H and O–H groups in total. The lowest BCUT2D eigenvalue weighted by Gasteiger charge is -2.23. The topological polar surface area (TPSA) is 45.2 Å². The third kappa shape index (κ3) is 3.86. The SMILES string of the molecule is CCc1ccccc1NC(=O)c1cc(N2CCCCCC2)nc2ccccc12. The number of benzene rings is 2. The molecule has 0 spiro atoms. The first-order chi connectivity index (χ1) is 13.8. The molecule has 1 aliphatic heterocycles. The van der Waals surface area contributed by atoms with Crippen LogP contribution in [0.1, 0.15) is 48.5 Å². The van der Waals surface area contributed by atoms with Crippen LogP contribution in [0.2, 0.25) is 0 Å². The number of nitrogens with one attached hydrogen (secondary N) is 1. The molecule has 3 aromatic rings. The van der Waals surface area contributed by atoms with Crippen LogP contribution in [0.15, 0.2) is 54.6 Å². The smallest absolute Gasteiger partial charge is 0.256 e. The Labute approximate surface area is 166 Å². The summed E-state index contributed by atoms with van der Waals surface area (Å²) in [5.74, 6) is 0.838. The fourth-order valence-electron chi connectivity index (χ4n) is 3.95. The molecule has 1 aromatic heterocycles. The lowest BCUT2D eigenvalue weighted by Crippen LogP contribution is -2.25. The maximum absolute atomic E-state index is 13.2. The van der Waals surface area contributed by atoms with Crippen molar-refractivity contribution in [1.29, 1.82) is 0 Å². The van der Waals surface area contributed by atoms with Gasteiger partial charge in [-0.05, 0) is 43.0 Å². The number of carbonyl (C=O) groups excluding carboxylic acids is 1. The van der Waals surface area contributed by atoms with Gasteiger partial charge >= 0.3 is 0 Å². The van der Waals surface area contributed by atoms with Gasteiger partial charge in [-0.3, -0.25) is 4.79 Å². The lowest BCUT2D eigenvalue weighted by atomic mass is 10.1.